The van der Waals surface area contributed by atoms with Gasteiger partial charge in [0, 0.05) is 25.0 Å². The van der Waals surface area contributed by atoms with E-state index in [1.54, 1.807) is 0 Å². The second-order valence-electron chi connectivity index (χ2n) is 17.7. The Hall–Kier alpha value is -2.59. The predicted octanol–water partition coefficient (Wildman–Crippen LogP) is 3.81. The van der Waals surface area contributed by atoms with E-state index in [9.17, 15) is 34.5 Å². The maximum Gasteiger partial charge on any atom is 0.269 e. The van der Waals surface area contributed by atoms with Gasteiger partial charge in [-0.2, -0.15) is 0 Å². The van der Waals surface area contributed by atoms with Crippen LogP contribution >= 0.6 is 11.8 Å². The van der Waals surface area contributed by atoms with Crippen LogP contribution in [-0.4, -0.2) is 85.5 Å². The number of β-lactam (4-membered cyclic amide) rings is 1. The third kappa shape index (κ3) is 7.29. The summed E-state index contributed by atoms with van der Waals surface area (Å²) in [6, 6.07) is -0.720. The number of rotatable bonds is 12. The highest BCUT2D eigenvalue weighted by molar-refractivity contribution is 8.00. The third-order valence-corrected chi connectivity index (χ3v) is 16.1. The van der Waals surface area contributed by atoms with Crippen LogP contribution in [0.1, 0.15) is 118 Å². The van der Waals surface area contributed by atoms with Crippen LogP contribution in [-0.2, 0) is 19.2 Å². The molecule has 14 unspecified atom stereocenters. The lowest BCUT2D eigenvalue weighted by molar-refractivity contribution is -0.223. The van der Waals surface area contributed by atoms with E-state index in [4.69, 9.17) is 6.42 Å². The van der Waals surface area contributed by atoms with Gasteiger partial charge in [0.15, 0.2) is 0 Å². The fraction of sp³-hybridized carbons (Fsp3) is 0.805. The van der Waals surface area contributed by atoms with Crippen molar-refractivity contribution in [3.63, 3.8) is 0 Å². The Balaban J connectivity index is 1.03. The molecule has 2 heterocycles. The normalized spacial score (nSPS) is 40.0. The lowest BCUT2D eigenvalue weighted by Gasteiger charge is -2.63. The maximum atomic E-state index is 13.5. The molecule has 4 saturated carbocycles. The molecule has 1 saturated heterocycles. The van der Waals surface area contributed by atoms with Gasteiger partial charge in [-0.1, -0.05) is 34.1 Å². The van der Waals surface area contributed by atoms with Gasteiger partial charge >= 0.3 is 0 Å². The standard InChI is InChI=1S/C41H62N4O7S/c1-7-9-11-30(47)42-29(10-8-2)43-37(51)34-23(4)21-53-39-33(38(52)45(34)39)44-31(48)15-12-22(3)25-13-14-26-32-27(17-19-40(25,26)5)41(6)18-16-24(46)20-28(41)35(49)36(32)50/h2,22,24-29,32-33,35-36,39,46,49-50H,7,9-21H2,1,3-6H3,(H,42,47)(H,43,51)(H,44,48). The number of hydrogen-bond acceptors (Lipinski definition) is 8. The van der Waals surface area contributed by atoms with E-state index in [1.807, 2.05) is 13.8 Å². The number of carbonyl (C=O) groups is 4. The van der Waals surface area contributed by atoms with Crippen LogP contribution in [0.2, 0.25) is 0 Å². The molecule has 0 aromatic heterocycles. The number of nitrogens with one attached hydrogen (secondary N) is 3. The smallest absolute Gasteiger partial charge is 0.269 e. The average molecular weight is 755 g/mol. The highest BCUT2D eigenvalue weighted by Crippen LogP contribution is 2.68. The van der Waals surface area contributed by atoms with Crippen molar-refractivity contribution in [2.75, 3.05) is 5.75 Å². The summed E-state index contributed by atoms with van der Waals surface area (Å²) in [5.74, 6) is 3.11. The topological polar surface area (TPSA) is 168 Å². The highest BCUT2D eigenvalue weighted by Gasteiger charge is 2.65. The third-order valence-electron chi connectivity index (χ3n) is 14.7. The molecular weight excluding hydrogens is 693 g/mol. The van der Waals surface area contributed by atoms with Crippen molar-refractivity contribution in [3.05, 3.63) is 11.3 Å². The molecule has 2 aliphatic heterocycles. The van der Waals surface area contributed by atoms with Crippen molar-refractivity contribution in [3.8, 4) is 12.3 Å². The number of terminal acetylenes is 1. The Morgan fingerprint density at radius 2 is 1.70 bits per heavy atom. The minimum Gasteiger partial charge on any atom is -0.393 e. The minimum atomic E-state index is -0.815. The number of carbonyl (C=O) groups excluding carboxylic acids is 4. The van der Waals surface area contributed by atoms with Crippen molar-refractivity contribution in [2.24, 2.45) is 46.3 Å². The summed E-state index contributed by atoms with van der Waals surface area (Å²) >= 11 is 1.52. The molecule has 6 aliphatic rings. The molecule has 6 rings (SSSR count). The predicted molar refractivity (Wildman–Crippen MR) is 203 cm³/mol. The molecule has 0 radical (unpaired) electrons. The first-order valence-corrected chi connectivity index (χ1v) is 21.2. The van der Waals surface area contributed by atoms with Gasteiger partial charge in [0.05, 0.1) is 18.3 Å². The first-order valence-electron chi connectivity index (χ1n) is 20.2. The Morgan fingerprint density at radius 3 is 2.42 bits per heavy atom. The Kier molecular flexibility index (Phi) is 12.0. The molecule has 12 heteroatoms. The number of fused-ring (bicyclic) bond motifs is 6. The molecule has 6 N–H and O–H groups in total. The molecule has 5 fully saturated rings. The van der Waals surface area contributed by atoms with Crippen LogP contribution in [0.15, 0.2) is 11.3 Å². The number of amides is 4. The summed E-state index contributed by atoms with van der Waals surface area (Å²) in [5.41, 5.74) is 0.928. The van der Waals surface area contributed by atoms with Crippen LogP contribution in [0, 0.1) is 58.7 Å². The van der Waals surface area contributed by atoms with Crippen LogP contribution < -0.4 is 16.0 Å². The van der Waals surface area contributed by atoms with Crippen molar-refractivity contribution >= 4 is 35.4 Å². The molecule has 11 nitrogen and oxygen atoms in total. The number of aliphatic hydroxyl groups is 3. The molecule has 0 aromatic rings. The zero-order valence-electron chi connectivity index (χ0n) is 32.2. The number of aliphatic hydroxyl groups excluding tert-OH is 3. The Morgan fingerprint density at radius 1 is 0.981 bits per heavy atom. The van der Waals surface area contributed by atoms with Gasteiger partial charge in [-0.3, -0.25) is 24.1 Å². The van der Waals surface area contributed by atoms with Crippen LogP contribution in [0.5, 0.6) is 0 Å². The van der Waals surface area contributed by atoms with Gasteiger partial charge < -0.3 is 31.3 Å². The van der Waals surface area contributed by atoms with Gasteiger partial charge in [-0.05, 0) is 117 Å². The molecule has 4 aliphatic carbocycles. The fourth-order valence-corrected chi connectivity index (χ4v) is 13.2. The van der Waals surface area contributed by atoms with E-state index in [0.29, 0.717) is 49.2 Å². The number of nitrogens with zero attached hydrogens (tertiary/aromatic N) is 1. The van der Waals surface area contributed by atoms with Crippen LogP contribution in [0.3, 0.4) is 0 Å². The first-order chi connectivity index (χ1) is 25.2. The van der Waals surface area contributed by atoms with E-state index in [-0.39, 0.29) is 58.4 Å². The Bertz CT molecular complexity index is 1510. The van der Waals surface area contributed by atoms with Gasteiger partial charge in [-0.15, -0.1) is 24.1 Å². The Labute approximate surface area is 319 Å². The zero-order chi connectivity index (χ0) is 38.4. The van der Waals surface area contributed by atoms with Crippen molar-refractivity contribution < 1.29 is 34.5 Å². The number of thioether (sulfide) groups is 1. The van der Waals surface area contributed by atoms with Gasteiger partial charge in [0.2, 0.25) is 11.8 Å². The van der Waals surface area contributed by atoms with E-state index in [2.05, 4.69) is 42.6 Å². The molecule has 0 spiro atoms. The largest absolute Gasteiger partial charge is 0.393 e. The number of unbranched alkanes of at least 4 members (excludes halogenated alkanes) is 1. The highest BCUT2D eigenvalue weighted by atomic mass is 32.2. The van der Waals surface area contributed by atoms with Crippen LogP contribution in [0.25, 0.3) is 0 Å². The molecular formula is C41H62N4O7S. The second-order valence-corrected chi connectivity index (χ2v) is 18.9. The summed E-state index contributed by atoms with van der Waals surface area (Å²) in [4.78, 5) is 54.1. The van der Waals surface area contributed by atoms with E-state index in [0.717, 1.165) is 56.9 Å². The van der Waals surface area contributed by atoms with Crippen molar-refractivity contribution in [2.45, 2.75) is 154 Å². The average Bonchev–Trinajstić information content (AvgIpc) is 3.48. The monoisotopic (exact) mass is 754 g/mol. The summed E-state index contributed by atoms with van der Waals surface area (Å²) in [6.45, 7) is 10.7. The minimum absolute atomic E-state index is 0.0109. The molecule has 294 valence electrons. The second kappa shape index (κ2) is 15.9. The first kappa shape index (κ1) is 40.1. The number of hydrogen-bond donors (Lipinski definition) is 6. The van der Waals surface area contributed by atoms with Crippen LogP contribution in [0.4, 0.5) is 0 Å². The van der Waals surface area contributed by atoms with Crippen molar-refractivity contribution in [1.82, 2.24) is 20.9 Å². The molecule has 0 aromatic carbocycles. The quantitative estimate of drug-likeness (QED) is 0.0994. The lowest BCUT2D eigenvalue weighted by Crippen LogP contribution is -2.71. The molecule has 0 bridgehead atoms. The van der Waals surface area contributed by atoms with Crippen molar-refractivity contribution in [1.29, 1.82) is 0 Å². The zero-order valence-corrected chi connectivity index (χ0v) is 33.1. The summed E-state index contributed by atoms with van der Waals surface area (Å²) in [5, 5.41) is 41.6. The molecule has 4 amide bonds. The summed E-state index contributed by atoms with van der Waals surface area (Å²) < 4.78 is 0. The lowest BCUT2D eigenvalue weighted by atomic mass is 9.43. The summed E-state index contributed by atoms with van der Waals surface area (Å²) in [7, 11) is 0. The fourth-order valence-electron chi connectivity index (χ4n) is 11.9. The van der Waals surface area contributed by atoms with Gasteiger partial charge in [-0.25, -0.2) is 0 Å². The van der Waals surface area contributed by atoms with Gasteiger partial charge in [0.25, 0.3) is 11.8 Å². The SMILES string of the molecule is C#CCC(NC(=O)CCCC)NC(=O)C1=C(C)CSC2C(NC(=O)CCC(C)C3CCC4C5C(O)C(O)C6CC(O)CCC6(C)C5CCC34C)C(=O)N12. The van der Waals surface area contributed by atoms with E-state index >= 15 is 0 Å². The summed E-state index contributed by atoms with van der Waals surface area (Å²) in [6.07, 6.45) is 12.1. The van der Waals surface area contributed by atoms with E-state index < -0.39 is 41.8 Å². The molecule has 14 atom stereocenters. The maximum absolute atomic E-state index is 13.5. The van der Waals surface area contributed by atoms with E-state index in [1.165, 1.54) is 16.7 Å². The molecule has 53 heavy (non-hydrogen) atoms. The van der Waals surface area contributed by atoms with Gasteiger partial charge in [0.1, 0.15) is 23.3 Å².